The van der Waals surface area contributed by atoms with Gasteiger partial charge >= 0.3 is 0 Å². The molecule has 0 heterocycles. The van der Waals surface area contributed by atoms with E-state index in [4.69, 9.17) is 0 Å². The van der Waals surface area contributed by atoms with Gasteiger partial charge in [-0.15, -0.1) is 0 Å². The van der Waals surface area contributed by atoms with Crippen LogP contribution in [0.5, 0.6) is 0 Å². The predicted octanol–water partition coefficient (Wildman–Crippen LogP) is 11.3. The van der Waals surface area contributed by atoms with Crippen LogP contribution in [0.2, 0.25) is 0 Å². The minimum Gasteiger partial charge on any atom is -0.341 e. The molecular formula is C46H43N. The first-order valence-electron chi connectivity index (χ1n) is 17.8. The zero-order chi connectivity index (χ0) is 31.3. The third kappa shape index (κ3) is 5.17. The minimum atomic E-state index is 0.327. The van der Waals surface area contributed by atoms with Crippen molar-refractivity contribution in [2.75, 3.05) is 4.90 Å². The highest BCUT2D eigenvalue weighted by Gasteiger charge is 2.73. The van der Waals surface area contributed by atoms with E-state index >= 15 is 0 Å². The van der Waals surface area contributed by atoms with Gasteiger partial charge in [0.1, 0.15) is 0 Å². The second kappa shape index (κ2) is 11.9. The number of fused-ring (bicyclic) bond motifs is 1. The molecule has 47 heavy (non-hydrogen) atoms. The third-order valence-electron chi connectivity index (χ3n) is 11.9. The van der Waals surface area contributed by atoms with Gasteiger partial charge in [0.2, 0.25) is 0 Å². The van der Waals surface area contributed by atoms with Crippen molar-refractivity contribution in [3.8, 4) is 22.3 Å². The van der Waals surface area contributed by atoms with Crippen molar-refractivity contribution >= 4 is 5.69 Å². The largest absolute Gasteiger partial charge is 0.341 e. The summed E-state index contributed by atoms with van der Waals surface area (Å²) in [6.07, 6.45) is 12.0. The first-order valence-corrected chi connectivity index (χ1v) is 17.8. The predicted molar refractivity (Wildman–Crippen MR) is 196 cm³/mol. The van der Waals surface area contributed by atoms with Gasteiger partial charge in [0, 0.05) is 23.3 Å². The van der Waals surface area contributed by atoms with E-state index in [0.717, 1.165) is 36.5 Å². The molecule has 3 fully saturated rings. The second-order valence-electron chi connectivity index (χ2n) is 14.5. The van der Waals surface area contributed by atoms with Crippen LogP contribution in [0.25, 0.3) is 22.3 Å². The quantitative estimate of drug-likeness (QED) is 0.161. The minimum absolute atomic E-state index is 0.327. The Labute approximate surface area is 280 Å². The van der Waals surface area contributed by atoms with E-state index in [1.807, 2.05) is 0 Å². The van der Waals surface area contributed by atoms with Gasteiger partial charge in [0.15, 0.2) is 0 Å². The molecule has 0 N–H and O–H groups in total. The summed E-state index contributed by atoms with van der Waals surface area (Å²) in [7, 11) is 0. The average Bonchev–Trinajstić information content (AvgIpc) is 3.62. The second-order valence-corrected chi connectivity index (χ2v) is 14.5. The average molecular weight is 610 g/mol. The van der Waals surface area contributed by atoms with Crippen molar-refractivity contribution < 1.29 is 0 Å². The fourth-order valence-corrected chi connectivity index (χ4v) is 9.46. The molecule has 0 radical (unpaired) electrons. The maximum atomic E-state index is 2.76. The Morgan fingerprint density at radius 3 is 1.72 bits per heavy atom. The van der Waals surface area contributed by atoms with Crippen LogP contribution in [0.3, 0.4) is 0 Å². The molecule has 0 spiro atoms. The standard InChI is InChI=1S/C46H43N/c1-31-10-8-9-15-43(31)47(46-41-29-28-40-44(41)45(40)46)39-26-24-36(25-27-39)34-18-16-33(17-19-34)35-20-22-38(23-21-35)42(37-13-6-3-7-14-37)30-32-11-4-2-5-12-32/h2-9,11-27,31,40-42,44-46H,10,28-30H2,1H3. The Balaban J connectivity index is 0.939. The Morgan fingerprint density at radius 1 is 0.596 bits per heavy atom. The molecule has 0 aromatic heterocycles. The SMILES string of the molecule is CC1CC=CC=C1N(c1ccc(-c2ccc(-c3ccc(C(Cc4ccccc4)c4ccccc4)cc3)cc2)cc1)C1C2CCC3C2C31. The highest BCUT2D eigenvalue weighted by Crippen LogP contribution is 2.74. The number of anilines is 1. The third-order valence-corrected chi connectivity index (χ3v) is 11.9. The number of nitrogens with zero attached hydrogens (tertiary/aromatic N) is 1. The van der Waals surface area contributed by atoms with Crippen molar-refractivity contribution in [1.29, 1.82) is 0 Å². The number of allylic oxidation sites excluding steroid dienone is 4. The maximum Gasteiger partial charge on any atom is 0.0411 e. The molecule has 5 aromatic rings. The summed E-state index contributed by atoms with van der Waals surface area (Å²) >= 11 is 0. The van der Waals surface area contributed by atoms with Gasteiger partial charge in [-0.25, -0.2) is 0 Å². The van der Waals surface area contributed by atoms with E-state index in [1.54, 1.807) is 0 Å². The summed E-state index contributed by atoms with van der Waals surface area (Å²) in [5.41, 5.74) is 12.1. The highest BCUT2D eigenvalue weighted by atomic mass is 15.2. The zero-order valence-corrected chi connectivity index (χ0v) is 27.3. The molecule has 7 atom stereocenters. The first-order chi connectivity index (χ1) is 23.2. The number of hydrogen-bond donors (Lipinski definition) is 0. The summed E-state index contributed by atoms with van der Waals surface area (Å²) in [4.78, 5) is 2.76. The van der Waals surface area contributed by atoms with Gasteiger partial charge in [-0.2, -0.15) is 0 Å². The van der Waals surface area contributed by atoms with Gasteiger partial charge in [-0.1, -0.05) is 140 Å². The van der Waals surface area contributed by atoms with Crippen LogP contribution in [0, 0.1) is 29.6 Å². The lowest BCUT2D eigenvalue weighted by molar-refractivity contribution is 0.206. The normalized spacial score (nSPS) is 25.8. The topological polar surface area (TPSA) is 3.24 Å². The van der Waals surface area contributed by atoms with E-state index in [9.17, 15) is 0 Å². The van der Waals surface area contributed by atoms with Crippen molar-refractivity contribution in [2.45, 2.75) is 44.6 Å². The molecule has 232 valence electrons. The first kappa shape index (κ1) is 28.6. The van der Waals surface area contributed by atoms with Crippen LogP contribution in [-0.4, -0.2) is 6.04 Å². The molecular weight excluding hydrogens is 567 g/mol. The lowest BCUT2D eigenvalue weighted by Crippen LogP contribution is -2.50. The molecule has 9 rings (SSSR count). The fourth-order valence-electron chi connectivity index (χ4n) is 9.46. The molecule has 1 nitrogen and oxygen atoms in total. The smallest absolute Gasteiger partial charge is 0.0411 e. The Bertz CT molecular complexity index is 1900. The van der Waals surface area contributed by atoms with Crippen molar-refractivity contribution in [1.82, 2.24) is 0 Å². The van der Waals surface area contributed by atoms with Crippen molar-refractivity contribution in [2.24, 2.45) is 29.6 Å². The van der Waals surface area contributed by atoms with Crippen molar-refractivity contribution in [3.05, 3.63) is 174 Å². The number of rotatable bonds is 9. The van der Waals surface area contributed by atoms with Gasteiger partial charge in [-0.05, 0) is 112 Å². The molecule has 0 bridgehead atoms. The lowest BCUT2D eigenvalue weighted by Gasteiger charge is -2.48. The Kier molecular flexibility index (Phi) is 7.22. The van der Waals surface area contributed by atoms with E-state index in [2.05, 4.69) is 164 Å². The lowest BCUT2D eigenvalue weighted by atomic mass is 9.74. The van der Waals surface area contributed by atoms with Crippen molar-refractivity contribution in [3.63, 3.8) is 0 Å². The summed E-state index contributed by atoms with van der Waals surface area (Å²) in [6.45, 7) is 2.40. The van der Waals surface area contributed by atoms with Crippen LogP contribution in [-0.2, 0) is 6.42 Å². The summed E-state index contributed by atoms with van der Waals surface area (Å²) in [5.74, 6) is 4.78. The van der Waals surface area contributed by atoms with E-state index in [0.29, 0.717) is 17.9 Å². The molecule has 0 aliphatic heterocycles. The maximum absolute atomic E-state index is 2.76. The number of benzene rings is 5. The Hall–Kier alpha value is -4.62. The highest BCUT2D eigenvalue weighted by molar-refractivity contribution is 5.72. The summed E-state index contributed by atoms with van der Waals surface area (Å²) in [6, 6.07) is 50.3. The summed E-state index contributed by atoms with van der Waals surface area (Å²) in [5, 5.41) is 0. The Morgan fingerprint density at radius 2 is 1.15 bits per heavy atom. The van der Waals surface area contributed by atoms with Crippen LogP contribution in [0.15, 0.2) is 157 Å². The molecule has 3 saturated carbocycles. The molecule has 4 aliphatic rings. The van der Waals surface area contributed by atoms with Gasteiger partial charge < -0.3 is 4.90 Å². The molecule has 0 amide bonds. The molecule has 5 aromatic carbocycles. The zero-order valence-electron chi connectivity index (χ0n) is 27.3. The molecule has 7 unspecified atom stereocenters. The van der Waals surface area contributed by atoms with Crippen LogP contribution < -0.4 is 4.90 Å². The van der Waals surface area contributed by atoms with E-state index < -0.39 is 0 Å². The van der Waals surface area contributed by atoms with Gasteiger partial charge in [-0.3, -0.25) is 0 Å². The fraction of sp³-hybridized carbons (Fsp3) is 0.261. The van der Waals surface area contributed by atoms with Gasteiger partial charge in [0.25, 0.3) is 0 Å². The summed E-state index contributed by atoms with van der Waals surface area (Å²) < 4.78 is 0. The molecule has 0 saturated heterocycles. The van der Waals surface area contributed by atoms with Gasteiger partial charge in [0.05, 0.1) is 0 Å². The van der Waals surface area contributed by atoms with E-state index in [-0.39, 0.29) is 0 Å². The van der Waals surface area contributed by atoms with Crippen LogP contribution >= 0.6 is 0 Å². The molecule has 1 heteroatoms. The monoisotopic (exact) mass is 609 g/mol. The van der Waals surface area contributed by atoms with E-state index in [1.165, 1.54) is 63.2 Å². The van der Waals surface area contributed by atoms with Crippen LogP contribution in [0.4, 0.5) is 5.69 Å². The molecule has 4 aliphatic carbocycles. The van der Waals surface area contributed by atoms with Crippen LogP contribution in [0.1, 0.15) is 48.8 Å². The number of hydrogen-bond acceptors (Lipinski definition) is 1.